The van der Waals surface area contributed by atoms with Crippen LogP contribution in [0, 0.1) is 18.3 Å². The third-order valence-corrected chi connectivity index (χ3v) is 2.42. The Balaban J connectivity index is 3.03. The second-order valence-corrected chi connectivity index (χ2v) is 3.59. The number of ether oxygens (including phenoxy) is 1. The van der Waals surface area contributed by atoms with Gasteiger partial charge in [-0.1, -0.05) is 36.3 Å². The fraction of sp³-hybridized carbons (Fsp3) is 0.286. The maximum absolute atomic E-state index is 12.1. The van der Waals surface area contributed by atoms with E-state index < -0.39 is 23.8 Å². The van der Waals surface area contributed by atoms with E-state index in [9.17, 15) is 9.59 Å². The highest BCUT2D eigenvalue weighted by Crippen LogP contribution is 2.15. The molecule has 0 aliphatic rings. The summed E-state index contributed by atoms with van der Waals surface area (Å²) in [6.45, 7) is 1.94. The number of hydrogen-bond donors (Lipinski definition) is 1. The summed E-state index contributed by atoms with van der Waals surface area (Å²) in [7, 11) is 0. The number of rotatable bonds is 6. The predicted octanol–water partition coefficient (Wildman–Crippen LogP) is 1.61. The Morgan fingerprint density at radius 2 is 2.00 bits per heavy atom. The van der Waals surface area contributed by atoms with E-state index in [2.05, 4.69) is 5.92 Å². The van der Waals surface area contributed by atoms with Crippen molar-refractivity contribution >= 4 is 11.8 Å². The molecule has 0 heterocycles. The van der Waals surface area contributed by atoms with Crippen molar-refractivity contribution in [1.29, 1.82) is 0 Å². The van der Waals surface area contributed by atoms with Crippen LogP contribution in [0.1, 0.15) is 17.3 Å². The summed E-state index contributed by atoms with van der Waals surface area (Å²) in [5.74, 6) is -0.986. The first-order chi connectivity index (χ1) is 8.61. The van der Waals surface area contributed by atoms with Gasteiger partial charge in [0.05, 0.1) is 0 Å². The number of carbonyl (C=O) groups excluding carboxylic acids is 1. The van der Waals surface area contributed by atoms with Crippen molar-refractivity contribution in [3.63, 3.8) is 0 Å². The van der Waals surface area contributed by atoms with Gasteiger partial charge in [0.1, 0.15) is 6.10 Å². The molecule has 2 atom stereocenters. The summed E-state index contributed by atoms with van der Waals surface area (Å²) in [5, 5.41) is 9.14. The Hall–Kier alpha value is -2.12. The van der Waals surface area contributed by atoms with Crippen molar-refractivity contribution in [2.75, 3.05) is 6.61 Å². The van der Waals surface area contributed by atoms with Crippen molar-refractivity contribution in [3.05, 3.63) is 35.9 Å². The van der Waals surface area contributed by atoms with E-state index in [1.165, 1.54) is 0 Å². The van der Waals surface area contributed by atoms with Crippen LogP contribution in [-0.2, 0) is 9.53 Å². The first-order valence-electron chi connectivity index (χ1n) is 5.51. The minimum absolute atomic E-state index is 0.251. The average molecular weight is 246 g/mol. The molecule has 4 heteroatoms. The molecule has 0 amide bonds. The van der Waals surface area contributed by atoms with Gasteiger partial charge in [0.15, 0.2) is 11.7 Å². The van der Waals surface area contributed by atoms with Crippen LogP contribution in [0.15, 0.2) is 30.3 Å². The largest absolute Gasteiger partial charge is 0.481 e. The van der Waals surface area contributed by atoms with Gasteiger partial charge >= 0.3 is 5.97 Å². The molecule has 1 rings (SSSR count). The van der Waals surface area contributed by atoms with Crippen LogP contribution in [0.2, 0.25) is 0 Å². The molecule has 0 fully saturated rings. The molecule has 0 aliphatic carbocycles. The molecule has 0 radical (unpaired) electrons. The smallest absolute Gasteiger partial charge is 0.318 e. The summed E-state index contributed by atoms with van der Waals surface area (Å²) in [6, 6.07) is 8.18. The first-order valence-corrected chi connectivity index (χ1v) is 5.51. The third-order valence-electron chi connectivity index (χ3n) is 2.42. The zero-order chi connectivity index (χ0) is 13.5. The molecule has 1 aromatic rings. The van der Waals surface area contributed by atoms with Gasteiger partial charge < -0.3 is 9.84 Å². The Morgan fingerprint density at radius 3 is 2.44 bits per heavy atom. The number of hydrogen-bond acceptors (Lipinski definition) is 3. The lowest BCUT2D eigenvalue weighted by Gasteiger charge is -2.18. The molecule has 18 heavy (non-hydrogen) atoms. The molecule has 4 nitrogen and oxygen atoms in total. The first kappa shape index (κ1) is 13.9. The quantitative estimate of drug-likeness (QED) is 0.470. The van der Waals surface area contributed by atoms with Gasteiger partial charge in [-0.05, 0) is 6.92 Å². The SMILES string of the molecule is C#CC(OCC)C(C(=O)O)C(=O)c1ccccc1. The van der Waals surface area contributed by atoms with Crippen LogP contribution in [0.4, 0.5) is 0 Å². The van der Waals surface area contributed by atoms with E-state index in [0.29, 0.717) is 5.56 Å². The Morgan fingerprint density at radius 1 is 1.39 bits per heavy atom. The lowest BCUT2D eigenvalue weighted by Crippen LogP contribution is -2.36. The maximum atomic E-state index is 12.1. The molecule has 0 bridgehead atoms. The number of ketones is 1. The van der Waals surface area contributed by atoms with Gasteiger partial charge in [0.25, 0.3) is 0 Å². The summed E-state index contributed by atoms with van der Waals surface area (Å²) < 4.78 is 5.12. The van der Waals surface area contributed by atoms with Gasteiger partial charge in [-0.3, -0.25) is 9.59 Å². The van der Waals surface area contributed by atoms with Gasteiger partial charge in [-0.2, -0.15) is 0 Å². The lowest BCUT2D eigenvalue weighted by atomic mass is 9.92. The fourth-order valence-electron chi connectivity index (χ4n) is 1.58. The van der Waals surface area contributed by atoms with E-state index >= 15 is 0 Å². The molecule has 1 N–H and O–H groups in total. The second kappa shape index (κ2) is 6.58. The van der Waals surface area contributed by atoms with Crippen molar-refractivity contribution < 1.29 is 19.4 Å². The van der Waals surface area contributed by atoms with Gasteiger partial charge in [-0.15, -0.1) is 6.42 Å². The van der Waals surface area contributed by atoms with Crippen molar-refractivity contribution in [1.82, 2.24) is 0 Å². The molecule has 94 valence electrons. The molecular weight excluding hydrogens is 232 g/mol. The van der Waals surface area contributed by atoms with E-state index in [0.717, 1.165) is 0 Å². The molecule has 0 aromatic heterocycles. The van der Waals surface area contributed by atoms with Gasteiger partial charge in [0, 0.05) is 12.2 Å². The number of carboxylic acids is 1. The Labute approximate surface area is 106 Å². The molecular formula is C14H14O4. The highest BCUT2D eigenvalue weighted by molar-refractivity contribution is 6.09. The summed E-state index contributed by atoms with van der Waals surface area (Å²) in [4.78, 5) is 23.3. The summed E-state index contributed by atoms with van der Waals surface area (Å²) in [5.41, 5.74) is 0.310. The second-order valence-electron chi connectivity index (χ2n) is 3.59. The topological polar surface area (TPSA) is 63.6 Å². The van der Waals surface area contributed by atoms with Crippen molar-refractivity contribution in [2.24, 2.45) is 5.92 Å². The number of carbonyl (C=O) groups is 2. The minimum atomic E-state index is -1.38. The van der Waals surface area contributed by atoms with Crippen LogP contribution in [0.25, 0.3) is 0 Å². The minimum Gasteiger partial charge on any atom is -0.481 e. The van der Waals surface area contributed by atoms with E-state index in [-0.39, 0.29) is 6.61 Å². The standard InChI is InChI=1S/C14H14O4/c1-3-11(18-4-2)12(14(16)17)13(15)10-8-6-5-7-9-10/h1,5-9,11-12H,4H2,2H3,(H,16,17). The number of aliphatic carboxylic acids is 1. The predicted molar refractivity (Wildman–Crippen MR) is 66.1 cm³/mol. The molecule has 0 spiro atoms. The monoisotopic (exact) mass is 246 g/mol. The number of Topliss-reactive ketones (excluding diaryl/α,β-unsaturated/α-hetero) is 1. The zero-order valence-corrected chi connectivity index (χ0v) is 10.00. The van der Waals surface area contributed by atoms with E-state index in [1.54, 1.807) is 37.3 Å². The van der Waals surface area contributed by atoms with Crippen molar-refractivity contribution in [2.45, 2.75) is 13.0 Å². The molecule has 0 saturated heterocycles. The van der Waals surface area contributed by atoms with Crippen molar-refractivity contribution in [3.8, 4) is 12.3 Å². The normalized spacial score (nSPS) is 13.3. The molecule has 0 saturated carbocycles. The van der Waals surface area contributed by atoms with Crippen LogP contribution in [-0.4, -0.2) is 29.6 Å². The number of benzene rings is 1. The van der Waals surface area contributed by atoms with Crippen LogP contribution >= 0.6 is 0 Å². The highest BCUT2D eigenvalue weighted by Gasteiger charge is 2.35. The fourth-order valence-corrected chi connectivity index (χ4v) is 1.58. The molecule has 0 aliphatic heterocycles. The maximum Gasteiger partial charge on any atom is 0.318 e. The number of terminal acetylenes is 1. The zero-order valence-electron chi connectivity index (χ0n) is 10.00. The number of carboxylic acid groups (broad SMARTS) is 1. The Bertz CT molecular complexity index is 458. The van der Waals surface area contributed by atoms with Crippen LogP contribution < -0.4 is 0 Å². The molecule has 1 aromatic carbocycles. The van der Waals surface area contributed by atoms with Crippen LogP contribution in [0.3, 0.4) is 0 Å². The van der Waals surface area contributed by atoms with Gasteiger partial charge in [0.2, 0.25) is 0 Å². The summed E-state index contributed by atoms with van der Waals surface area (Å²) in [6.07, 6.45) is 4.17. The van der Waals surface area contributed by atoms with E-state index in [1.807, 2.05) is 0 Å². The average Bonchev–Trinajstić information content (AvgIpc) is 2.38. The molecule has 2 unspecified atom stereocenters. The Kier molecular flexibility index (Phi) is 5.09. The highest BCUT2D eigenvalue weighted by atomic mass is 16.5. The lowest BCUT2D eigenvalue weighted by molar-refractivity contribution is -0.143. The third kappa shape index (κ3) is 3.19. The summed E-state index contributed by atoms with van der Waals surface area (Å²) >= 11 is 0. The van der Waals surface area contributed by atoms with Gasteiger partial charge in [-0.25, -0.2) is 0 Å². The van der Waals surface area contributed by atoms with E-state index in [4.69, 9.17) is 16.3 Å². The van der Waals surface area contributed by atoms with Crippen LogP contribution in [0.5, 0.6) is 0 Å².